The molecule has 1 aliphatic carbocycles. The van der Waals surface area contributed by atoms with Crippen LogP contribution in [0.4, 0.5) is 8.78 Å². The zero-order valence-corrected chi connectivity index (χ0v) is 27.0. The molecule has 1 atom stereocenters. The highest BCUT2D eigenvalue weighted by Gasteiger charge is 2.37. The molecule has 0 N–H and O–H groups in total. The number of nitrogens with zero attached hydrogens (tertiary/aromatic N) is 3. The molecule has 3 aliphatic rings. The van der Waals surface area contributed by atoms with E-state index in [0.717, 1.165) is 38.1 Å². The Hall–Kier alpha value is -3.22. The highest BCUT2D eigenvalue weighted by molar-refractivity contribution is 5.96. The van der Waals surface area contributed by atoms with Crippen LogP contribution in [-0.2, 0) is 32.5 Å². The van der Waals surface area contributed by atoms with Gasteiger partial charge in [-0.2, -0.15) is 0 Å². The molecule has 6 heteroatoms. The molecule has 3 aromatic carbocycles. The number of aromatic nitrogens is 1. The van der Waals surface area contributed by atoms with Crippen molar-refractivity contribution in [3.05, 3.63) is 88.6 Å². The normalized spacial score (nSPS) is 20.2. The number of hydrogen-bond acceptors (Lipinski definition) is 3. The maximum absolute atomic E-state index is 13.6. The van der Waals surface area contributed by atoms with E-state index < -0.39 is 5.92 Å². The van der Waals surface area contributed by atoms with Crippen LogP contribution in [0.1, 0.15) is 73.3 Å². The molecule has 3 heterocycles. The number of hydrogen-bond donors (Lipinski definition) is 0. The van der Waals surface area contributed by atoms with Gasteiger partial charge in [-0.1, -0.05) is 42.8 Å². The van der Waals surface area contributed by atoms with Crippen LogP contribution >= 0.6 is 0 Å². The molecule has 0 bridgehead atoms. The second-order valence-electron chi connectivity index (χ2n) is 13.7. The molecule has 4 aromatic rings. The Morgan fingerprint density at radius 2 is 1.71 bits per heavy atom. The molecule has 0 radical (unpaired) electrons. The Bertz CT molecular complexity index is 1660. The van der Waals surface area contributed by atoms with Crippen molar-refractivity contribution in [3.8, 4) is 16.9 Å². The van der Waals surface area contributed by atoms with E-state index in [1.54, 1.807) is 0 Å². The fourth-order valence-corrected chi connectivity index (χ4v) is 8.04. The lowest BCUT2D eigenvalue weighted by molar-refractivity contribution is 0.0121. The summed E-state index contributed by atoms with van der Waals surface area (Å²) in [5, 5.41) is 1.22. The zero-order valence-electron chi connectivity index (χ0n) is 27.0. The van der Waals surface area contributed by atoms with Gasteiger partial charge in [0.15, 0.2) is 0 Å². The minimum absolute atomic E-state index is 0.0149. The van der Waals surface area contributed by atoms with Crippen LogP contribution in [0.15, 0.2) is 60.8 Å². The van der Waals surface area contributed by atoms with E-state index in [4.69, 9.17) is 4.74 Å². The van der Waals surface area contributed by atoms with Crippen molar-refractivity contribution in [1.29, 1.82) is 0 Å². The van der Waals surface area contributed by atoms with E-state index in [1.165, 1.54) is 82.1 Å². The van der Waals surface area contributed by atoms with Crippen molar-refractivity contribution < 1.29 is 13.5 Å². The van der Waals surface area contributed by atoms with E-state index >= 15 is 0 Å². The van der Waals surface area contributed by atoms with Gasteiger partial charge < -0.3 is 9.30 Å². The molecule has 2 aliphatic heterocycles. The lowest BCUT2D eigenvalue weighted by atomic mass is 9.94. The van der Waals surface area contributed by atoms with Crippen LogP contribution in [0.5, 0.6) is 5.75 Å². The second-order valence-corrected chi connectivity index (χ2v) is 13.7. The number of fused-ring (bicyclic) bond motifs is 2. The maximum Gasteiger partial charge on any atom is 0.261 e. The predicted octanol–water partition coefficient (Wildman–Crippen LogP) is 8.79. The number of likely N-dealkylation sites (tertiary alicyclic amines) is 2. The second kappa shape index (κ2) is 12.9. The van der Waals surface area contributed by atoms with E-state index in [2.05, 4.69) is 84.1 Å². The van der Waals surface area contributed by atoms with E-state index in [9.17, 15) is 8.78 Å². The molecule has 238 valence electrons. The molecule has 2 saturated heterocycles. The molecule has 0 spiro atoms. The first-order valence-corrected chi connectivity index (χ1v) is 17.1. The van der Waals surface area contributed by atoms with Crippen molar-refractivity contribution in [2.45, 2.75) is 96.9 Å². The summed E-state index contributed by atoms with van der Waals surface area (Å²) in [6.45, 7) is 9.35. The summed E-state index contributed by atoms with van der Waals surface area (Å²) in [4.78, 5) is 4.56. The van der Waals surface area contributed by atoms with Crippen LogP contribution in [-0.4, -0.2) is 52.5 Å². The maximum atomic E-state index is 13.6. The number of ether oxygens (including phenoxy) is 1. The summed E-state index contributed by atoms with van der Waals surface area (Å²) < 4.78 is 36.1. The number of halogens is 2. The van der Waals surface area contributed by atoms with Gasteiger partial charge in [-0.05, 0) is 116 Å². The van der Waals surface area contributed by atoms with Crippen molar-refractivity contribution >= 4 is 10.9 Å². The molecule has 4 nitrogen and oxygen atoms in total. The summed E-state index contributed by atoms with van der Waals surface area (Å²) in [7, 11) is 0. The number of alkyl halides is 2. The first-order valence-electron chi connectivity index (χ1n) is 17.1. The smallest absolute Gasteiger partial charge is 0.261 e. The van der Waals surface area contributed by atoms with Crippen LogP contribution in [0.3, 0.4) is 0 Å². The SMILES string of the molecule is Cc1c(COc2ccc(CN3CCCC[C@H]3C)c3c2CCC3)cccc1-c1cccc2c1ccn2CCCN1CCC(F)(F)C1. The average molecular weight is 612 g/mol. The standard InChI is InChI=1S/C39H47F2N3O/c1-28-9-3-4-21-44(28)25-30-16-17-38(36-14-6-12-33(30)36)45-26-31-10-5-11-32(29(31)2)34-13-7-15-37-35(34)18-23-43(37)22-8-20-42-24-19-39(40,41)27-42/h5,7,10-11,13,15-18,23,28H,3-4,6,8-9,12,14,19-22,24-27H2,1-2H3/t28-/m1/s1. The van der Waals surface area contributed by atoms with Crippen molar-refractivity contribution in [3.63, 3.8) is 0 Å². The quantitative estimate of drug-likeness (QED) is 0.179. The Morgan fingerprint density at radius 3 is 2.56 bits per heavy atom. The highest BCUT2D eigenvalue weighted by atomic mass is 19.3. The number of benzene rings is 3. The third-order valence-corrected chi connectivity index (χ3v) is 10.7. The molecule has 1 aromatic heterocycles. The minimum atomic E-state index is -2.53. The third-order valence-electron chi connectivity index (χ3n) is 10.7. The van der Waals surface area contributed by atoms with Gasteiger partial charge in [-0.3, -0.25) is 9.80 Å². The fraction of sp³-hybridized carbons (Fsp3) is 0.487. The van der Waals surface area contributed by atoms with Crippen LogP contribution in [0.2, 0.25) is 0 Å². The highest BCUT2D eigenvalue weighted by Crippen LogP contribution is 2.37. The third kappa shape index (κ3) is 6.41. The van der Waals surface area contributed by atoms with Crippen molar-refractivity contribution in [2.24, 2.45) is 0 Å². The minimum Gasteiger partial charge on any atom is -0.489 e. The molecule has 7 rings (SSSR count). The summed E-state index contributed by atoms with van der Waals surface area (Å²) in [6.07, 6.45) is 10.5. The molecular weight excluding hydrogens is 564 g/mol. The van der Waals surface area contributed by atoms with Gasteiger partial charge in [0.25, 0.3) is 5.92 Å². The van der Waals surface area contributed by atoms with Gasteiger partial charge in [-0.25, -0.2) is 8.78 Å². The Kier molecular flexibility index (Phi) is 8.71. The summed E-state index contributed by atoms with van der Waals surface area (Å²) in [5.74, 6) is -1.47. The first kappa shape index (κ1) is 30.4. The van der Waals surface area contributed by atoms with Crippen molar-refractivity contribution in [1.82, 2.24) is 14.4 Å². The molecule has 0 saturated carbocycles. The Morgan fingerprint density at radius 1 is 0.867 bits per heavy atom. The summed E-state index contributed by atoms with van der Waals surface area (Å²) in [5.41, 5.74) is 10.6. The van der Waals surface area contributed by atoms with Gasteiger partial charge in [0.1, 0.15) is 12.4 Å². The topological polar surface area (TPSA) is 20.6 Å². The average Bonchev–Trinajstić information content (AvgIpc) is 3.77. The largest absolute Gasteiger partial charge is 0.489 e. The van der Waals surface area contributed by atoms with Gasteiger partial charge in [0.2, 0.25) is 0 Å². The van der Waals surface area contributed by atoms with E-state index in [1.807, 2.05) is 4.90 Å². The molecule has 0 unspecified atom stereocenters. The van der Waals surface area contributed by atoms with Crippen LogP contribution in [0.25, 0.3) is 22.0 Å². The lowest BCUT2D eigenvalue weighted by Crippen LogP contribution is -2.37. The van der Waals surface area contributed by atoms with E-state index in [0.29, 0.717) is 25.7 Å². The van der Waals surface area contributed by atoms with Crippen LogP contribution in [0, 0.1) is 6.92 Å². The monoisotopic (exact) mass is 611 g/mol. The molecule has 45 heavy (non-hydrogen) atoms. The molecule has 0 amide bonds. The lowest BCUT2D eigenvalue weighted by Gasteiger charge is -2.34. The van der Waals surface area contributed by atoms with Gasteiger partial charge >= 0.3 is 0 Å². The summed E-state index contributed by atoms with van der Waals surface area (Å²) in [6, 6.07) is 20.5. The molecule has 2 fully saturated rings. The van der Waals surface area contributed by atoms with Gasteiger partial charge in [0, 0.05) is 55.7 Å². The number of rotatable bonds is 10. The summed E-state index contributed by atoms with van der Waals surface area (Å²) >= 11 is 0. The van der Waals surface area contributed by atoms with Crippen molar-refractivity contribution in [2.75, 3.05) is 26.2 Å². The number of piperidine rings is 1. The fourth-order valence-electron chi connectivity index (χ4n) is 8.04. The van der Waals surface area contributed by atoms with Gasteiger partial charge in [-0.15, -0.1) is 0 Å². The predicted molar refractivity (Wildman–Crippen MR) is 179 cm³/mol. The zero-order chi connectivity index (χ0) is 31.0. The Labute approximate surface area is 267 Å². The van der Waals surface area contributed by atoms with Crippen LogP contribution < -0.4 is 4.74 Å². The van der Waals surface area contributed by atoms with Gasteiger partial charge in [0.05, 0.1) is 6.54 Å². The first-order chi connectivity index (χ1) is 21.9. The van der Waals surface area contributed by atoms with E-state index in [-0.39, 0.29) is 13.0 Å². The molecular formula is C39H47F2N3O. The number of aryl methyl sites for hydroxylation is 1. The Balaban J connectivity index is 1.05.